The summed E-state index contributed by atoms with van der Waals surface area (Å²) in [7, 11) is -0.211. The molecule has 0 N–H and O–H groups in total. The predicted molar refractivity (Wildman–Crippen MR) is 58.5 cm³/mol. The molecule has 0 spiro atoms. The second-order valence-electron chi connectivity index (χ2n) is 3.41. The van der Waals surface area contributed by atoms with Crippen molar-refractivity contribution in [2.24, 2.45) is 0 Å². The van der Waals surface area contributed by atoms with Gasteiger partial charge in [-0.2, -0.15) is 13.2 Å². The van der Waals surface area contributed by atoms with Crippen molar-refractivity contribution in [1.29, 1.82) is 0 Å². The van der Waals surface area contributed by atoms with E-state index in [0.717, 1.165) is 0 Å². The van der Waals surface area contributed by atoms with Crippen LogP contribution in [-0.2, 0) is 21.1 Å². The van der Waals surface area contributed by atoms with Gasteiger partial charge in [0.1, 0.15) is 10.5 Å². The molecule has 13 heteroatoms. The third-order valence-corrected chi connectivity index (χ3v) is 3.66. The van der Waals surface area contributed by atoms with Crippen molar-refractivity contribution in [2.75, 3.05) is 0 Å². The molecule has 0 aliphatic rings. The van der Waals surface area contributed by atoms with Gasteiger partial charge in [-0.25, -0.2) is 13.4 Å². The lowest BCUT2D eigenvalue weighted by atomic mass is 10.2. The molecule has 0 fully saturated rings. The number of ether oxygens (including phenoxy) is 1. The molecule has 0 saturated heterocycles. The van der Waals surface area contributed by atoms with Crippen molar-refractivity contribution in [2.45, 2.75) is 23.3 Å². The second kappa shape index (κ2) is 5.69. The molecule has 0 saturated carbocycles. The predicted octanol–water partition coefficient (Wildman–Crippen LogP) is 3.67. The van der Waals surface area contributed by atoms with E-state index in [1.54, 1.807) is 0 Å². The largest absolute Gasteiger partial charge is 0.574 e. The SMILES string of the molecule is O=S(=O)(Cl)c1c(CCl)cnc(OC(F)(F)F)c1C(F)(F)F. The topological polar surface area (TPSA) is 56.3 Å². The van der Waals surface area contributed by atoms with Crippen LogP contribution in [0.2, 0.25) is 0 Å². The normalized spacial score (nSPS) is 13.3. The van der Waals surface area contributed by atoms with Crippen LogP contribution in [-0.4, -0.2) is 19.8 Å². The zero-order valence-electron chi connectivity index (χ0n) is 9.39. The van der Waals surface area contributed by atoms with Gasteiger partial charge in [0.25, 0.3) is 9.05 Å². The highest BCUT2D eigenvalue weighted by Gasteiger charge is 2.45. The summed E-state index contributed by atoms with van der Waals surface area (Å²) in [5.41, 5.74) is -2.98. The first-order chi connectivity index (χ1) is 9.27. The summed E-state index contributed by atoms with van der Waals surface area (Å²) in [6, 6.07) is 0. The van der Waals surface area contributed by atoms with Gasteiger partial charge in [0.05, 0.1) is 5.88 Å². The number of alkyl halides is 7. The molecule has 1 rings (SSSR count). The molecule has 0 aromatic carbocycles. The molecule has 120 valence electrons. The first-order valence-electron chi connectivity index (χ1n) is 4.63. The van der Waals surface area contributed by atoms with Crippen LogP contribution in [0, 0.1) is 0 Å². The Morgan fingerprint density at radius 2 is 1.71 bits per heavy atom. The summed E-state index contributed by atoms with van der Waals surface area (Å²) >= 11 is 5.25. The third-order valence-electron chi connectivity index (χ3n) is 1.95. The van der Waals surface area contributed by atoms with Gasteiger partial charge in [-0.15, -0.1) is 24.8 Å². The van der Waals surface area contributed by atoms with Crippen molar-refractivity contribution in [3.63, 3.8) is 0 Å². The van der Waals surface area contributed by atoms with E-state index in [4.69, 9.17) is 22.3 Å². The maximum Gasteiger partial charge on any atom is 0.574 e. The number of aromatic nitrogens is 1. The molecule has 1 aromatic rings. The average Bonchev–Trinajstić information content (AvgIpc) is 2.23. The Morgan fingerprint density at radius 1 is 1.19 bits per heavy atom. The minimum absolute atomic E-state index is 0.401. The summed E-state index contributed by atoms with van der Waals surface area (Å²) in [5.74, 6) is -2.76. The molecule has 21 heavy (non-hydrogen) atoms. The van der Waals surface area contributed by atoms with Crippen molar-refractivity contribution >= 4 is 31.3 Å². The molecule has 0 unspecified atom stereocenters. The van der Waals surface area contributed by atoms with Gasteiger partial charge in [0.15, 0.2) is 0 Å². The molecule has 1 heterocycles. The van der Waals surface area contributed by atoms with E-state index >= 15 is 0 Å². The van der Waals surface area contributed by atoms with Crippen LogP contribution in [0.3, 0.4) is 0 Å². The van der Waals surface area contributed by atoms with E-state index in [-0.39, 0.29) is 0 Å². The average molecular weight is 378 g/mol. The highest BCUT2D eigenvalue weighted by molar-refractivity contribution is 8.13. The maximum atomic E-state index is 12.9. The summed E-state index contributed by atoms with van der Waals surface area (Å²) in [5, 5.41) is 0. The van der Waals surface area contributed by atoms with Crippen molar-refractivity contribution in [1.82, 2.24) is 4.98 Å². The lowest BCUT2D eigenvalue weighted by molar-refractivity contribution is -0.278. The Labute approximate surface area is 123 Å². The van der Waals surface area contributed by atoms with Gasteiger partial charge in [-0.1, -0.05) is 0 Å². The fraction of sp³-hybridized carbons (Fsp3) is 0.375. The summed E-state index contributed by atoms with van der Waals surface area (Å²) in [6.45, 7) is 0. The maximum absolute atomic E-state index is 12.9. The molecular weight excluding hydrogens is 375 g/mol. The van der Waals surface area contributed by atoms with E-state index < -0.39 is 49.4 Å². The number of hydrogen-bond acceptors (Lipinski definition) is 4. The van der Waals surface area contributed by atoms with E-state index in [1.165, 1.54) is 0 Å². The number of pyridine rings is 1. The van der Waals surface area contributed by atoms with E-state index in [9.17, 15) is 34.8 Å². The molecular formula is C8H3Cl2F6NO3S. The van der Waals surface area contributed by atoms with E-state index in [1.807, 2.05) is 0 Å². The molecule has 0 bridgehead atoms. The summed E-state index contributed by atoms with van der Waals surface area (Å²) < 4.78 is 100. The zero-order valence-corrected chi connectivity index (χ0v) is 11.7. The first kappa shape index (κ1) is 18.1. The minimum atomic E-state index is -5.52. The number of nitrogens with zero attached hydrogens (tertiary/aromatic N) is 1. The lowest BCUT2D eigenvalue weighted by Crippen LogP contribution is -2.23. The van der Waals surface area contributed by atoms with Crippen LogP contribution >= 0.6 is 22.3 Å². The zero-order chi connectivity index (χ0) is 16.6. The smallest absolute Gasteiger partial charge is 0.387 e. The molecule has 0 radical (unpaired) electrons. The van der Waals surface area contributed by atoms with Crippen LogP contribution < -0.4 is 4.74 Å². The van der Waals surface area contributed by atoms with Crippen LogP contribution in [0.1, 0.15) is 11.1 Å². The van der Waals surface area contributed by atoms with Gasteiger partial charge < -0.3 is 4.74 Å². The summed E-state index contributed by atoms with van der Waals surface area (Å²) in [6.07, 6.45) is -10.6. The Kier molecular flexibility index (Phi) is 4.91. The van der Waals surface area contributed by atoms with Gasteiger partial charge >= 0.3 is 12.5 Å². The monoisotopic (exact) mass is 377 g/mol. The fourth-order valence-electron chi connectivity index (χ4n) is 1.33. The minimum Gasteiger partial charge on any atom is -0.387 e. The lowest BCUT2D eigenvalue weighted by Gasteiger charge is -2.18. The molecule has 0 aliphatic heterocycles. The van der Waals surface area contributed by atoms with Gasteiger partial charge in [-0.05, 0) is 0 Å². The quantitative estimate of drug-likeness (QED) is 0.458. The standard InChI is InChI=1S/C8H3Cl2F6NO3S/c9-1-3-2-17-6(20-8(14,15)16)4(7(11,12)13)5(3)21(10,18)19/h2H,1H2. The summed E-state index contributed by atoms with van der Waals surface area (Å²) in [4.78, 5) is 1.18. The van der Waals surface area contributed by atoms with Gasteiger partial charge in [0.2, 0.25) is 5.88 Å². The molecule has 1 aromatic heterocycles. The van der Waals surface area contributed by atoms with Crippen LogP contribution in [0.5, 0.6) is 5.88 Å². The highest BCUT2D eigenvalue weighted by Crippen LogP contribution is 2.43. The van der Waals surface area contributed by atoms with Crippen molar-refractivity contribution in [3.05, 3.63) is 17.3 Å². The highest BCUT2D eigenvalue weighted by atomic mass is 35.7. The van der Waals surface area contributed by atoms with Crippen LogP contribution in [0.15, 0.2) is 11.1 Å². The first-order valence-corrected chi connectivity index (χ1v) is 7.47. The van der Waals surface area contributed by atoms with Crippen molar-refractivity contribution < 1.29 is 39.5 Å². The molecule has 0 amide bonds. The van der Waals surface area contributed by atoms with Crippen LogP contribution in [0.25, 0.3) is 0 Å². The van der Waals surface area contributed by atoms with E-state index in [0.29, 0.717) is 6.20 Å². The Morgan fingerprint density at radius 3 is 2.05 bits per heavy atom. The molecule has 0 aliphatic carbocycles. The Hall–Kier alpha value is -0.940. The second-order valence-corrected chi connectivity index (χ2v) is 6.18. The Balaban J connectivity index is 3.78. The number of rotatable bonds is 3. The van der Waals surface area contributed by atoms with Crippen LogP contribution in [0.4, 0.5) is 26.3 Å². The fourth-order valence-corrected chi connectivity index (χ4v) is 3.02. The van der Waals surface area contributed by atoms with Crippen molar-refractivity contribution in [3.8, 4) is 5.88 Å². The Bertz CT molecular complexity index is 643. The molecule has 4 nitrogen and oxygen atoms in total. The number of hydrogen-bond donors (Lipinski definition) is 0. The van der Waals surface area contributed by atoms with E-state index in [2.05, 4.69) is 9.72 Å². The molecule has 0 atom stereocenters. The third kappa shape index (κ3) is 4.51. The van der Waals surface area contributed by atoms with Gasteiger partial charge in [0, 0.05) is 22.4 Å². The number of halogens is 8. The van der Waals surface area contributed by atoms with Gasteiger partial charge in [-0.3, -0.25) is 0 Å².